The van der Waals surface area contributed by atoms with Crippen LogP contribution >= 0.6 is 11.8 Å². The Morgan fingerprint density at radius 3 is 2.52 bits per heavy atom. The maximum atomic E-state index is 12.5. The summed E-state index contributed by atoms with van der Waals surface area (Å²) in [5.74, 6) is 0.816. The van der Waals surface area contributed by atoms with Gasteiger partial charge in [0.25, 0.3) is 0 Å². The van der Waals surface area contributed by atoms with E-state index < -0.39 is 0 Å². The molecule has 3 aromatic rings. The molecule has 2 aromatic carbocycles. The molecule has 1 unspecified atom stereocenters. The minimum atomic E-state index is -0.257. The van der Waals surface area contributed by atoms with Gasteiger partial charge in [0.15, 0.2) is 5.16 Å². The monoisotopic (exact) mass is 380 g/mol. The Labute approximate surface area is 164 Å². The van der Waals surface area contributed by atoms with Crippen molar-refractivity contribution in [2.45, 2.75) is 37.6 Å². The van der Waals surface area contributed by atoms with Crippen molar-refractivity contribution in [3.05, 3.63) is 71.5 Å². The van der Waals surface area contributed by atoms with Gasteiger partial charge >= 0.3 is 0 Å². The zero-order valence-corrected chi connectivity index (χ0v) is 16.7. The van der Waals surface area contributed by atoms with Crippen molar-refractivity contribution in [3.63, 3.8) is 0 Å². The van der Waals surface area contributed by atoms with Crippen LogP contribution in [0.3, 0.4) is 0 Å². The minimum Gasteiger partial charge on any atom is -0.355 e. The lowest BCUT2D eigenvalue weighted by Crippen LogP contribution is -2.32. The van der Waals surface area contributed by atoms with Crippen LogP contribution in [0.1, 0.15) is 23.9 Å². The molecule has 0 saturated carbocycles. The third kappa shape index (κ3) is 4.77. The minimum absolute atomic E-state index is 0.00733. The van der Waals surface area contributed by atoms with Gasteiger partial charge in [0, 0.05) is 6.54 Å². The Kier molecular flexibility index (Phi) is 6.29. The predicted molar refractivity (Wildman–Crippen MR) is 109 cm³/mol. The molecule has 0 radical (unpaired) electrons. The average molecular weight is 381 g/mol. The molecule has 140 valence electrons. The van der Waals surface area contributed by atoms with Gasteiger partial charge in [-0.2, -0.15) is 0 Å². The SMILES string of the molecule is Cc1ccccc1-n1c(C)nnc1SC(C)C(=O)NCCc1ccccc1. The molecule has 0 fully saturated rings. The van der Waals surface area contributed by atoms with Crippen molar-refractivity contribution in [2.24, 2.45) is 0 Å². The largest absolute Gasteiger partial charge is 0.355 e. The maximum Gasteiger partial charge on any atom is 0.233 e. The van der Waals surface area contributed by atoms with Crippen LogP contribution in [0, 0.1) is 13.8 Å². The van der Waals surface area contributed by atoms with Crippen LogP contribution in [-0.4, -0.2) is 32.5 Å². The van der Waals surface area contributed by atoms with Crippen LogP contribution in [-0.2, 0) is 11.2 Å². The van der Waals surface area contributed by atoms with Gasteiger partial charge < -0.3 is 5.32 Å². The molecule has 1 N–H and O–H groups in total. The highest BCUT2D eigenvalue weighted by atomic mass is 32.2. The summed E-state index contributed by atoms with van der Waals surface area (Å²) in [5, 5.41) is 12.0. The molecule has 0 aliphatic rings. The first-order chi connectivity index (χ1) is 13.1. The van der Waals surface area contributed by atoms with E-state index in [0.29, 0.717) is 6.54 Å². The quantitative estimate of drug-likeness (QED) is 0.635. The number of para-hydroxylation sites is 1. The molecule has 5 nitrogen and oxygen atoms in total. The summed E-state index contributed by atoms with van der Waals surface area (Å²) >= 11 is 1.43. The second-order valence-corrected chi connectivity index (χ2v) is 7.75. The molecule has 0 saturated heterocycles. The number of nitrogens with one attached hydrogen (secondary N) is 1. The molecule has 1 amide bonds. The number of carbonyl (C=O) groups is 1. The first kappa shape index (κ1) is 19.2. The highest BCUT2D eigenvalue weighted by molar-refractivity contribution is 8.00. The topological polar surface area (TPSA) is 59.8 Å². The Morgan fingerprint density at radius 2 is 1.78 bits per heavy atom. The fourth-order valence-corrected chi connectivity index (χ4v) is 3.77. The molecule has 0 aliphatic heterocycles. The van der Waals surface area contributed by atoms with Crippen molar-refractivity contribution in [2.75, 3.05) is 6.54 Å². The molecule has 6 heteroatoms. The van der Waals surface area contributed by atoms with Crippen molar-refractivity contribution in [1.82, 2.24) is 20.1 Å². The lowest BCUT2D eigenvalue weighted by atomic mass is 10.1. The number of hydrogen-bond donors (Lipinski definition) is 1. The van der Waals surface area contributed by atoms with E-state index in [1.54, 1.807) is 0 Å². The van der Waals surface area contributed by atoms with Gasteiger partial charge in [-0.05, 0) is 44.4 Å². The summed E-state index contributed by atoms with van der Waals surface area (Å²) in [4.78, 5) is 12.5. The summed E-state index contributed by atoms with van der Waals surface area (Å²) in [6.45, 7) is 6.50. The number of aromatic nitrogens is 3. The zero-order valence-electron chi connectivity index (χ0n) is 15.8. The Morgan fingerprint density at radius 1 is 1.07 bits per heavy atom. The normalized spacial score (nSPS) is 12.0. The average Bonchev–Trinajstić information content (AvgIpc) is 3.03. The summed E-state index contributed by atoms with van der Waals surface area (Å²) in [6.07, 6.45) is 0.822. The molecule has 1 aromatic heterocycles. The third-order valence-corrected chi connectivity index (χ3v) is 5.40. The van der Waals surface area contributed by atoms with Gasteiger partial charge in [0.2, 0.25) is 5.91 Å². The third-order valence-electron chi connectivity index (χ3n) is 4.36. The molecule has 0 bridgehead atoms. The van der Waals surface area contributed by atoms with Crippen LogP contribution in [0.2, 0.25) is 0 Å². The summed E-state index contributed by atoms with van der Waals surface area (Å²) in [7, 11) is 0. The van der Waals surface area contributed by atoms with Gasteiger partial charge in [-0.3, -0.25) is 9.36 Å². The van der Waals surface area contributed by atoms with Crippen molar-refractivity contribution < 1.29 is 4.79 Å². The first-order valence-corrected chi connectivity index (χ1v) is 9.90. The van der Waals surface area contributed by atoms with Crippen LogP contribution in [0.25, 0.3) is 5.69 Å². The molecular formula is C21H24N4OS. The van der Waals surface area contributed by atoms with Gasteiger partial charge in [-0.1, -0.05) is 60.3 Å². The van der Waals surface area contributed by atoms with E-state index >= 15 is 0 Å². The Balaban J connectivity index is 1.63. The van der Waals surface area contributed by atoms with E-state index in [4.69, 9.17) is 0 Å². The number of rotatable bonds is 7. The van der Waals surface area contributed by atoms with E-state index in [1.807, 2.05) is 54.8 Å². The first-order valence-electron chi connectivity index (χ1n) is 9.02. The fraction of sp³-hybridized carbons (Fsp3) is 0.286. The molecule has 3 rings (SSSR count). The number of amides is 1. The summed E-state index contributed by atoms with van der Waals surface area (Å²) in [6, 6.07) is 18.3. The second kappa shape index (κ2) is 8.86. The fourth-order valence-electron chi connectivity index (χ4n) is 2.84. The zero-order chi connectivity index (χ0) is 19.2. The lowest BCUT2D eigenvalue weighted by Gasteiger charge is -2.14. The van der Waals surface area contributed by atoms with Gasteiger partial charge in [-0.15, -0.1) is 10.2 Å². The van der Waals surface area contributed by atoms with Crippen LogP contribution in [0.5, 0.6) is 0 Å². The number of benzene rings is 2. The molecule has 0 aliphatic carbocycles. The summed E-state index contributed by atoms with van der Waals surface area (Å²) < 4.78 is 2.01. The van der Waals surface area contributed by atoms with E-state index in [9.17, 15) is 4.79 Å². The van der Waals surface area contributed by atoms with E-state index in [-0.39, 0.29) is 11.2 Å². The number of nitrogens with zero attached hydrogens (tertiary/aromatic N) is 3. The lowest BCUT2D eigenvalue weighted by molar-refractivity contribution is -0.120. The highest BCUT2D eigenvalue weighted by Gasteiger charge is 2.20. The number of hydrogen-bond acceptors (Lipinski definition) is 4. The molecule has 1 atom stereocenters. The van der Waals surface area contributed by atoms with E-state index in [0.717, 1.165) is 28.7 Å². The van der Waals surface area contributed by atoms with Crippen LogP contribution in [0.4, 0.5) is 0 Å². The smallest absolute Gasteiger partial charge is 0.233 e. The second-order valence-electron chi connectivity index (χ2n) is 6.44. The van der Waals surface area contributed by atoms with E-state index in [1.165, 1.54) is 17.3 Å². The molecule has 27 heavy (non-hydrogen) atoms. The molecule has 0 spiro atoms. The molecular weight excluding hydrogens is 356 g/mol. The highest BCUT2D eigenvalue weighted by Crippen LogP contribution is 2.26. The van der Waals surface area contributed by atoms with Gasteiger partial charge in [0.05, 0.1) is 10.9 Å². The van der Waals surface area contributed by atoms with Gasteiger partial charge in [-0.25, -0.2) is 0 Å². The number of carbonyl (C=O) groups excluding carboxylic acids is 1. The Hall–Kier alpha value is -2.60. The van der Waals surface area contributed by atoms with Crippen molar-refractivity contribution in [1.29, 1.82) is 0 Å². The standard InChI is InChI=1S/C21H24N4OS/c1-15-9-7-8-12-19(15)25-17(3)23-24-21(25)27-16(2)20(26)22-14-13-18-10-5-4-6-11-18/h4-12,16H,13-14H2,1-3H3,(H,22,26). The van der Waals surface area contributed by atoms with Gasteiger partial charge in [0.1, 0.15) is 5.82 Å². The van der Waals surface area contributed by atoms with E-state index in [2.05, 4.69) is 40.6 Å². The van der Waals surface area contributed by atoms with Crippen LogP contribution < -0.4 is 5.32 Å². The number of thioether (sulfide) groups is 1. The predicted octanol–water partition coefficient (Wildman–Crippen LogP) is 3.72. The van der Waals surface area contributed by atoms with Crippen molar-refractivity contribution in [3.8, 4) is 5.69 Å². The van der Waals surface area contributed by atoms with Crippen LogP contribution in [0.15, 0.2) is 59.8 Å². The Bertz CT molecular complexity index is 908. The maximum absolute atomic E-state index is 12.5. The summed E-state index contributed by atoms with van der Waals surface area (Å²) in [5.41, 5.74) is 3.40. The number of aryl methyl sites for hydroxylation is 2. The molecule has 1 heterocycles. The van der Waals surface area contributed by atoms with Crippen molar-refractivity contribution >= 4 is 17.7 Å².